The van der Waals surface area contributed by atoms with E-state index in [-0.39, 0.29) is 0 Å². The zero-order valence-electron chi connectivity index (χ0n) is 10.4. The minimum Gasteiger partial charge on any atom is -0.384 e. The number of hydrogen-bond acceptors (Lipinski definition) is 3. The van der Waals surface area contributed by atoms with Crippen LogP contribution in [0.5, 0.6) is 0 Å². The molecule has 2 aromatic heterocycles. The highest BCUT2D eigenvalue weighted by atomic mass is 15.3. The fourth-order valence-corrected chi connectivity index (χ4v) is 1.98. The molecular formula is C14H14N4. The Morgan fingerprint density at radius 3 is 2.50 bits per heavy atom. The minimum absolute atomic E-state index is 0.601. The van der Waals surface area contributed by atoms with Crippen LogP contribution in [0, 0.1) is 13.8 Å². The molecule has 18 heavy (non-hydrogen) atoms. The van der Waals surface area contributed by atoms with E-state index in [4.69, 9.17) is 5.73 Å². The van der Waals surface area contributed by atoms with Gasteiger partial charge in [-0.25, -0.2) is 4.98 Å². The van der Waals surface area contributed by atoms with Gasteiger partial charge in [0.1, 0.15) is 5.82 Å². The molecule has 0 saturated heterocycles. The van der Waals surface area contributed by atoms with Crippen molar-refractivity contribution in [3.05, 3.63) is 47.7 Å². The fourth-order valence-electron chi connectivity index (χ4n) is 1.98. The largest absolute Gasteiger partial charge is 0.384 e. The molecule has 0 aliphatic heterocycles. The molecule has 2 N–H and O–H groups in total. The Labute approximate surface area is 105 Å². The molecule has 90 valence electrons. The van der Waals surface area contributed by atoms with Gasteiger partial charge < -0.3 is 5.73 Å². The summed E-state index contributed by atoms with van der Waals surface area (Å²) in [6.07, 6.45) is 0. The Balaban J connectivity index is 2.20. The molecule has 2 heterocycles. The van der Waals surface area contributed by atoms with E-state index in [2.05, 4.69) is 41.3 Å². The minimum atomic E-state index is 0.601. The van der Waals surface area contributed by atoms with Gasteiger partial charge in [0.05, 0.1) is 11.4 Å². The Morgan fingerprint density at radius 1 is 1.06 bits per heavy atom. The average Bonchev–Trinajstić information content (AvgIpc) is 2.71. The van der Waals surface area contributed by atoms with Crippen molar-refractivity contribution in [2.45, 2.75) is 13.8 Å². The van der Waals surface area contributed by atoms with Gasteiger partial charge in [-0.2, -0.15) is 9.61 Å². The number of benzene rings is 1. The maximum Gasteiger partial charge on any atom is 0.158 e. The third-order valence-corrected chi connectivity index (χ3v) is 2.92. The molecule has 0 aliphatic carbocycles. The van der Waals surface area contributed by atoms with E-state index < -0.39 is 0 Å². The highest BCUT2D eigenvalue weighted by Crippen LogP contribution is 2.21. The molecule has 3 aromatic rings. The molecule has 0 radical (unpaired) electrons. The van der Waals surface area contributed by atoms with Crippen LogP contribution < -0.4 is 5.73 Å². The second kappa shape index (κ2) is 3.84. The number of aromatic nitrogens is 3. The first kappa shape index (κ1) is 10.8. The number of hydrogen-bond donors (Lipinski definition) is 1. The zero-order chi connectivity index (χ0) is 12.7. The SMILES string of the molecule is Cc1ccc(-c2cc(N)n3nc(C)cc3n2)cc1. The van der Waals surface area contributed by atoms with Crippen molar-refractivity contribution in [1.82, 2.24) is 14.6 Å². The number of rotatable bonds is 1. The van der Waals surface area contributed by atoms with Crippen LogP contribution in [-0.2, 0) is 0 Å². The number of nitrogen functional groups attached to an aromatic ring is 1. The summed E-state index contributed by atoms with van der Waals surface area (Å²) in [7, 11) is 0. The lowest BCUT2D eigenvalue weighted by molar-refractivity contribution is 0.930. The molecule has 0 aliphatic rings. The Bertz CT molecular complexity index is 710. The quantitative estimate of drug-likeness (QED) is 0.709. The number of nitrogens with zero attached hydrogens (tertiary/aromatic N) is 3. The summed E-state index contributed by atoms with van der Waals surface area (Å²) in [5, 5.41) is 4.29. The van der Waals surface area contributed by atoms with E-state index in [0.717, 1.165) is 22.6 Å². The summed E-state index contributed by atoms with van der Waals surface area (Å²) < 4.78 is 1.66. The molecule has 0 amide bonds. The summed E-state index contributed by atoms with van der Waals surface area (Å²) >= 11 is 0. The van der Waals surface area contributed by atoms with Crippen LogP contribution in [0.3, 0.4) is 0 Å². The lowest BCUT2D eigenvalue weighted by Gasteiger charge is -2.04. The van der Waals surface area contributed by atoms with Crippen LogP contribution in [-0.4, -0.2) is 14.6 Å². The van der Waals surface area contributed by atoms with Gasteiger partial charge in [0.15, 0.2) is 5.65 Å². The summed E-state index contributed by atoms with van der Waals surface area (Å²) in [5.41, 5.74) is 10.9. The average molecular weight is 238 g/mol. The summed E-state index contributed by atoms with van der Waals surface area (Å²) in [5.74, 6) is 0.601. The van der Waals surface area contributed by atoms with E-state index in [1.54, 1.807) is 4.52 Å². The second-order valence-electron chi connectivity index (χ2n) is 4.49. The van der Waals surface area contributed by atoms with Crippen LogP contribution in [0.25, 0.3) is 16.9 Å². The van der Waals surface area contributed by atoms with Crippen molar-refractivity contribution in [2.75, 3.05) is 5.73 Å². The van der Waals surface area contributed by atoms with Crippen molar-refractivity contribution in [3.8, 4) is 11.3 Å². The second-order valence-corrected chi connectivity index (χ2v) is 4.49. The molecule has 0 spiro atoms. The summed E-state index contributed by atoms with van der Waals surface area (Å²) in [6.45, 7) is 3.99. The van der Waals surface area contributed by atoms with E-state index in [0.29, 0.717) is 5.82 Å². The van der Waals surface area contributed by atoms with Gasteiger partial charge in [-0.15, -0.1) is 0 Å². The van der Waals surface area contributed by atoms with Gasteiger partial charge in [0.2, 0.25) is 0 Å². The van der Waals surface area contributed by atoms with Gasteiger partial charge >= 0.3 is 0 Å². The molecule has 0 fully saturated rings. The fraction of sp³-hybridized carbons (Fsp3) is 0.143. The van der Waals surface area contributed by atoms with E-state index in [1.165, 1.54) is 5.56 Å². The first-order valence-electron chi connectivity index (χ1n) is 5.83. The Hall–Kier alpha value is -2.36. The predicted octanol–water partition coefficient (Wildman–Crippen LogP) is 2.60. The normalized spacial score (nSPS) is 11.0. The lowest BCUT2D eigenvalue weighted by atomic mass is 10.1. The highest BCUT2D eigenvalue weighted by Gasteiger charge is 2.07. The molecule has 0 unspecified atom stereocenters. The number of anilines is 1. The van der Waals surface area contributed by atoms with Gasteiger partial charge in [-0.3, -0.25) is 0 Å². The smallest absolute Gasteiger partial charge is 0.158 e. The summed E-state index contributed by atoms with van der Waals surface area (Å²) in [4.78, 5) is 4.58. The first-order chi connectivity index (χ1) is 8.63. The molecule has 0 bridgehead atoms. The van der Waals surface area contributed by atoms with Crippen LogP contribution in [0.4, 0.5) is 5.82 Å². The van der Waals surface area contributed by atoms with Crippen LogP contribution >= 0.6 is 0 Å². The van der Waals surface area contributed by atoms with E-state index >= 15 is 0 Å². The predicted molar refractivity (Wildman–Crippen MR) is 72.3 cm³/mol. The highest BCUT2D eigenvalue weighted by molar-refractivity contribution is 5.66. The van der Waals surface area contributed by atoms with Crippen molar-refractivity contribution >= 4 is 11.5 Å². The monoisotopic (exact) mass is 238 g/mol. The molecular weight excluding hydrogens is 224 g/mol. The van der Waals surface area contributed by atoms with Gasteiger partial charge in [0, 0.05) is 17.7 Å². The topological polar surface area (TPSA) is 56.2 Å². The third kappa shape index (κ3) is 1.72. The first-order valence-corrected chi connectivity index (χ1v) is 5.83. The number of nitrogens with two attached hydrogens (primary N) is 1. The van der Waals surface area contributed by atoms with Crippen LogP contribution in [0.1, 0.15) is 11.3 Å². The van der Waals surface area contributed by atoms with Crippen molar-refractivity contribution in [1.29, 1.82) is 0 Å². The molecule has 1 aromatic carbocycles. The van der Waals surface area contributed by atoms with Crippen molar-refractivity contribution in [2.24, 2.45) is 0 Å². The zero-order valence-corrected chi connectivity index (χ0v) is 10.4. The Morgan fingerprint density at radius 2 is 1.78 bits per heavy atom. The van der Waals surface area contributed by atoms with Crippen LogP contribution in [0.15, 0.2) is 36.4 Å². The van der Waals surface area contributed by atoms with Gasteiger partial charge in [0.25, 0.3) is 0 Å². The number of fused-ring (bicyclic) bond motifs is 1. The van der Waals surface area contributed by atoms with Gasteiger partial charge in [-0.1, -0.05) is 29.8 Å². The molecule has 0 atom stereocenters. The maximum atomic E-state index is 6.00. The van der Waals surface area contributed by atoms with E-state index in [1.807, 2.05) is 19.1 Å². The third-order valence-electron chi connectivity index (χ3n) is 2.92. The van der Waals surface area contributed by atoms with Crippen molar-refractivity contribution < 1.29 is 0 Å². The van der Waals surface area contributed by atoms with Gasteiger partial charge in [-0.05, 0) is 13.8 Å². The molecule has 0 saturated carbocycles. The maximum absolute atomic E-state index is 6.00. The summed E-state index contributed by atoms with van der Waals surface area (Å²) in [6, 6.07) is 12.0. The lowest BCUT2D eigenvalue weighted by Crippen LogP contribution is -2.01. The van der Waals surface area contributed by atoms with Crippen molar-refractivity contribution in [3.63, 3.8) is 0 Å². The number of aryl methyl sites for hydroxylation is 2. The Kier molecular flexibility index (Phi) is 2.30. The van der Waals surface area contributed by atoms with E-state index in [9.17, 15) is 0 Å². The molecule has 4 nitrogen and oxygen atoms in total. The van der Waals surface area contributed by atoms with Crippen LogP contribution in [0.2, 0.25) is 0 Å². The standard InChI is InChI=1S/C14H14N4/c1-9-3-5-11(6-4-9)12-8-13(15)18-14(16-12)7-10(2)17-18/h3-8H,15H2,1-2H3. The molecule has 4 heteroatoms. The molecule has 3 rings (SSSR count).